The number of aryl methyl sites for hydroxylation is 1. The van der Waals surface area contributed by atoms with Crippen LogP contribution in [0.2, 0.25) is 0 Å². The molecular formula is C16H22BrNO2. The molecule has 1 aliphatic rings. The Morgan fingerprint density at radius 1 is 1.35 bits per heavy atom. The molecule has 1 aromatic rings. The summed E-state index contributed by atoms with van der Waals surface area (Å²) in [5.74, 6) is -0.137. The van der Waals surface area contributed by atoms with E-state index in [1.54, 1.807) is 18.2 Å². The van der Waals surface area contributed by atoms with Crippen LogP contribution in [0.3, 0.4) is 0 Å². The first-order valence-electron chi connectivity index (χ1n) is 7.20. The van der Waals surface area contributed by atoms with Crippen LogP contribution < -0.4 is 5.32 Å². The van der Waals surface area contributed by atoms with Crippen molar-refractivity contribution in [1.29, 1.82) is 0 Å². The topological polar surface area (TPSA) is 49.3 Å². The maximum Gasteiger partial charge on any atom is 0.255 e. The zero-order valence-corrected chi connectivity index (χ0v) is 13.5. The molecule has 0 spiro atoms. The van der Waals surface area contributed by atoms with Crippen LogP contribution in [0.1, 0.15) is 48.0 Å². The van der Waals surface area contributed by atoms with Crippen molar-refractivity contribution in [2.45, 2.75) is 39.0 Å². The van der Waals surface area contributed by atoms with Crippen LogP contribution in [0.4, 0.5) is 0 Å². The Labute approximate surface area is 128 Å². The Morgan fingerprint density at radius 2 is 2.05 bits per heavy atom. The summed E-state index contributed by atoms with van der Waals surface area (Å²) in [7, 11) is 0. The minimum atomic E-state index is -0.183. The quantitative estimate of drug-likeness (QED) is 0.820. The molecule has 110 valence electrons. The Balaban J connectivity index is 2.02. The highest BCUT2D eigenvalue weighted by atomic mass is 79.9. The van der Waals surface area contributed by atoms with E-state index < -0.39 is 0 Å². The largest absolute Gasteiger partial charge is 0.507 e. The molecule has 3 nitrogen and oxygen atoms in total. The number of hydrogen-bond acceptors (Lipinski definition) is 2. The fourth-order valence-electron chi connectivity index (χ4n) is 2.85. The summed E-state index contributed by atoms with van der Waals surface area (Å²) in [5, 5.41) is 13.7. The second-order valence-corrected chi connectivity index (χ2v) is 6.46. The number of benzene rings is 1. The van der Waals surface area contributed by atoms with Crippen molar-refractivity contribution in [1.82, 2.24) is 5.32 Å². The van der Waals surface area contributed by atoms with E-state index >= 15 is 0 Å². The predicted molar refractivity (Wildman–Crippen MR) is 84.5 cm³/mol. The fraction of sp³-hybridized carbons (Fsp3) is 0.562. The lowest BCUT2D eigenvalue weighted by Gasteiger charge is -2.35. The number of aromatic hydroxyl groups is 1. The lowest BCUT2D eigenvalue weighted by molar-refractivity contribution is 0.0919. The van der Waals surface area contributed by atoms with Crippen LogP contribution in [0.25, 0.3) is 0 Å². The van der Waals surface area contributed by atoms with Gasteiger partial charge in [0.25, 0.3) is 5.91 Å². The van der Waals surface area contributed by atoms with E-state index in [-0.39, 0.29) is 17.1 Å². The Bertz CT molecular complexity index is 481. The SMILES string of the molecule is Cc1ccc(O)c(C(=O)NCC2(CBr)CCCCC2)c1. The number of rotatable bonds is 4. The van der Waals surface area contributed by atoms with Crippen molar-refractivity contribution >= 4 is 21.8 Å². The Hall–Kier alpha value is -1.03. The van der Waals surface area contributed by atoms with Crippen molar-refractivity contribution in [3.63, 3.8) is 0 Å². The molecule has 0 heterocycles. The van der Waals surface area contributed by atoms with Crippen molar-refractivity contribution in [3.8, 4) is 5.75 Å². The minimum Gasteiger partial charge on any atom is -0.507 e. The monoisotopic (exact) mass is 339 g/mol. The maximum atomic E-state index is 12.2. The molecule has 20 heavy (non-hydrogen) atoms. The van der Waals surface area contributed by atoms with Crippen LogP contribution >= 0.6 is 15.9 Å². The van der Waals surface area contributed by atoms with Crippen molar-refractivity contribution in [3.05, 3.63) is 29.3 Å². The van der Waals surface area contributed by atoms with Crippen molar-refractivity contribution in [2.75, 3.05) is 11.9 Å². The van der Waals surface area contributed by atoms with Gasteiger partial charge in [0, 0.05) is 11.9 Å². The molecule has 2 N–H and O–H groups in total. The average molecular weight is 340 g/mol. The second-order valence-electron chi connectivity index (χ2n) is 5.90. The first kappa shape index (κ1) is 15.4. The standard InChI is InChI=1S/C16H22BrNO2/c1-12-5-6-14(19)13(9-12)15(20)18-11-16(10-17)7-3-2-4-8-16/h5-6,9,19H,2-4,7-8,10-11H2,1H3,(H,18,20). The highest BCUT2D eigenvalue weighted by molar-refractivity contribution is 9.09. The molecule has 0 aliphatic heterocycles. The van der Waals surface area contributed by atoms with E-state index in [1.807, 2.05) is 6.92 Å². The Morgan fingerprint density at radius 3 is 2.70 bits per heavy atom. The number of carbonyl (C=O) groups is 1. The summed E-state index contributed by atoms with van der Waals surface area (Å²) in [4.78, 5) is 12.2. The number of carbonyl (C=O) groups excluding carboxylic acids is 1. The van der Waals surface area contributed by atoms with E-state index in [9.17, 15) is 9.90 Å². The van der Waals surface area contributed by atoms with Crippen LogP contribution in [0, 0.1) is 12.3 Å². The van der Waals surface area contributed by atoms with Gasteiger partial charge >= 0.3 is 0 Å². The lowest BCUT2D eigenvalue weighted by atomic mass is 9.75. The third kappa shape index (κ3) is 3.54. The van der Waals surface area contributed by atoms with Gasteiger partial charge < -0.3 is 10.4 Å². The van der Waals surface area contributed by atoms with E-state index in [2.05, 4.69) is 21.2 Å². The van der Waals surface area contributed by atoms with Gasteiger partial charge in [0.15, 0.2) is 0 Å². The van der Waals surface area contributed by atoms with E-state index in [1.165, 1.54) is 19.3 Å². The van der Waals surface area contributed by atoms with Crippen LogP contribution in [-0.2, 0) is 0 Å². The molecule has 1 fully saturated rings. The smallest absolute Gasteiger partial charge is 0.255 e. The molecule has 0 unspecified atom stereocenters. The summed E-state index contributed by atoms with van der Waals surface area (Å²) in [6.07, 6.45) is 6.06. The molecular weight excluding hydrogens is 318 g/mol. The average Bonchev–Trinajstić information content (AvgIpc) is 2.48. The molecule has 1 aromatic carbocycles. The highest BCUT2D eigenvalue weighted by Crippen LogP contribution is 2.37. The molecule has 1 amide bonds. The summed E-state index contributed by atoms with van der Waals surface area (Å²) in [6, 6.07) is 5.10. The molecule has 1 saturated carbocycles. The molecule has 0 radical (unpaired) electrons. The molecule has 1 aliphatic carbocycles. The number of nitrogens with one attached hydrogen (secondary N) is 1. The highest BCUT2D eigenvalue weighted by Gasteiger charge is 2.31. The molecule has 0 bridgehead atoms. The number of alkyl halides is 1. The number of amides is 1. The third-order valence-electron chi connectivity index (χ3n) is 4.22. The summed E-state index contributed by atoms with van der Waals surface area (Å²) >= 11 is 3.60. The second kappa shape index (κ2) is 6.61. The van der Waals surface area contributed by atoms with Crippen molar-refractivity contribution < 1.29 is 9.90 Å². The fourth-order valence-corrected chi connectivity index (χ4v) is 3.61. The van der Waals surface area contributed by atoms with Crippen LogP contribution in [0.5, 0.6) is 5.75 Å². The molecule has 0 saturated heterocycles. The van der Waals surface area contributed by atoms with Gasteiger partial charge in [0.05, 0.1) is 5.56 Å². The summed E-state index contributed by atoms with van der Waals surface area (Å²) < 4.78 is 0. The van der Waals surface area contributed by atoms with Gasteiger partial charge in [-0.25, -0.2) is 0 Å². The molecule has 2 rings (SSSR count). The zero-order valence-electron chi connectivity index (χ0n) is 11.9. The molecule has 0 atom stereocenters. The molecule has 0 aromatic heterocycles. The van der Waals surface area contributed by atoms with Gasteiger partial charge in [-0.1, -0.05) is 46.8 Å². The predicted octanol–water partition coefficient (Wildman–Crippen LogP) is 3.78. The zero-order chi connectivity index (χ0) is 14.6. The first-order chi connectivity index (χ1) is 9.56. The van der Waals surface area contributed by atoms with Crippen LogP contribution in [0.15, 0.2) is 18.2 Å². The number of phenols is 1. The van der Waals surface area contributed by atoms with Gasteiger partial charge in [0.2, 0.25) is 0 Å². The van der Waals surface area contributed by atoms with E-state index in [0.29, 0.717) is 12.1 Å². The van der Waals surface area contributed by atoms with Crippen LogP contribution in [-0.4, -0.2) is 22.9 Å². The summed E-state index contributed by atoms with van der Waals surface area (Å²) in [5.41, 5.74) is 1.51. The first-order valence-corrected chi connectivity index (χ1v) is 8.32. The third-order valence-corrected chi connectivity index (χ3v) is 5.41. The van der Waals surface area contributed by atoms with E-state index in [4.69, 9.17) is 0 Å². The van der Waals surface area contributed by atoms with E-state index in [0.717, 1.165) is 23.7 Å². The van der Waals surface area contributed by atoms with Gasteiger partial charge in [-0.15, -0.1) is 0 Å². The Kier molecular flexibility index (Phi) is 5.08. The van der Waals surface area contributed by atoms with Gasteiger partial charge in [0.1, 0.15) is 5.75 Å². The summed E-state index contributed by atoms with van der Waals surface area (Å²) in [6.45, 7) is 2.59. The number of halogens is 1. The maximum absolute atomic E-state index is 12.2. The number of hydrogen-bond donors (Lipinski definition) is 2. The van der Waals surface area contributed by atoms with Crippen molar-refractivity contribution in [2.24, 2.45) is 5.41 Å². The normalized spacial score (nSPS) is 17.7. The van der Waals surface area contributed by atoms with Gasteiger partial charge in [-0.3, -0.25) is 4.79 Å². The van der Waals surface area contributed by atoms with Gasteiger partial charge in [-0.05, 0) is 37.3 Å². The number of phenolic OH excluding ortho intramolecular Hbond substituents is 1. The van der Waals surface area contributed by atoms with Gasteiger partial charge in [-0.2, -0.15) is 0 Å². The minimum absolute atomic E-state index is 0.0460. The molecule has 4 heteroatoms. The lowest BCUT2D eigenvalue weighted by Crippen LogP contribution is -2.40.